The predicted molar refractivity (Wildman–Crippen MR) is 118 cm³/mol. The van der Waals surface area contributed by atoms with Gasteiger partial charge in [-0.25, -0.2) is 12.7 Å². The molecule has 0 atom stereocenters. The normalized spacial score (nSPS) is 16.0. The van der Waals surface area contributed by atoms with Gasteiger partial charge in [0.25, 0.3) is 0 Å². The summed E-state index contributed by atoms with van der Waals surface area (Å²) in [6, 6.07) is 9.68. The molecule has 0 aliphatic carbocycles. The van der Waals surface area contributed by atoms with Crippen molar-refractivity contribution in [3.63, 3.8) is 0 Å². The van der Waals surface area contributed by atoms with Crippen molar-refractivity contribution in [1.29, 1.82) is 0 Å². The van der Waals surface area contributed by atoms with E-state index in [1.807, 2.05) is 0 Å². The first-order chi connectivity index (χ1) is 13.7. The van der Waals surface area contributed by atoms with Crippen LogP contribution in [0.5, 0.6) is 0 Å². The summed E-state index contributed by atoms with van der Waals surface area (Å²) in [7, 11) is -3.60. The van der Waals surface area contributed by atoms with Crippen LogP contribution >= 0.6 is 46.4 Å². The molecule has 10 heteroatoms. The fourth-order valence-electron chi connectivity index (χ4n) is 3.21. The lowest BCUT2D eigenvalue weighted by Gasteiger charge is -2.30. The summed E-state index contributed by atoms with van der Waals surface area (Å²) in [5.41, 5.74) is 0.893. The number of piperidine rings is 1. The number of halogens is 4. The standard InChI is InChI=1S/C19H18Cl4N2O3S/c20-13-8-14(21)10-15(9-13)24-19(26)12-4-6-25(7-5-12)29(27,28)11-16-17(22)2-1-3-18(16)23/h1-3,8-10,12H,4-7,11H2,(H,24,26). The molecule has 0 bridgehead atoms. The largest absolute Gasteiger partial charge is 0.326 e. The minimum absolute atomic E-state index is 0.186. The van der Waals surface area contributed by atoms with Crippen molar-refractivity contribution in [1.82, 2.24) is 4.31 Å². The molecule has 1 saturated heterocycles. The van der Waals surface area contributed by atoms with Gasteiger partial charge in [0.15, 0.2) is 0 Å². The van der Waals surface area contributed by atoms with Crippen LogP contribution in [0.25, 0.3) is 0 Å². The molecule has 0 radical (unpaired) electrons. The van der Waals surface area contributed by atoms with E-state index in [1.165, 1.54) is 4.31 Å². The van der Waals surface area contributed by atoms with Crippen molar-refractivity contribution < 1.29 is 13.2 Å². The first kappa shape index (κ1) is 22.7. The van der Waals surface area contributed by atoms with Crippen LogP contribution in [-0.4, -0.2) is 31.7 Å². The van der Waals surface area contributed by atoms with E-state index in [9.17, 15) is 13.2 Å². The Balaban J connectivity index is 1.61. The van der Waals surface area contributed by atoms with Gasteiger partial charge in [-0.1, -0.05) is 52.5 Å². The lowest BCUT2D eigenvalue weighted by atomic mass is 9.97. The van der Waals surface area contributed by atoms with Gasteiger partial charge in [0, 0.05) is 50.3 Å². The fourth-order valence-corrected chi connectivity index (χ4v) is 6.05. The summed E-state index contributed by atoms with van der Waals surface area (Å²) < 4.78 is 26.9. The topological polar surface area (TPSA) is 66.5 Å². The molecule has 29 heavy (non-hydrogen) atoms. The van der Waals surface area contributed by atoms with Crippen LogP contribution in [0.15, 0.2) is 36.4 Å². The van der Waals surface area contributed by atoms with Crippen molar-refractivity contribution >= 4 is 68.0 Å². The molecule has 2 aromatic rings. The monoisotopic (exact) mass is 494 g/mol. The van der Waals surface area contributed by atoms with Gasteiger partial charge in [-0.05, 0) is 43.2 Å². The molecule has 0 spiro atoms. The van der Waals surface area contributed by atoms with Crippen molar-refractivity contribution in [2.45, 2.75) is 18.6 Å². The summed E-state index contributed by atoms with van der Waals surface area (Å²) >= 11 is 24.1. The van der Waals surface area contributed by atoms with E-state index in [4.69, 9.17) is 46.4 Å². The number of amides is 1. The van der Waals surface area contributed by atoms with Gasteiger partial charge in [-0.2, -0.15) is 0 Å². The molecule has 1 N–H and O–H groups in total. The van der Waals surface area contributed by atoms with Crippen molar-refractivity contribution in [3.05, 3.63) is 62.1 Å². The van der Waals surface area contributed by atoms with Gasteiger partial charge in [0.2, 0.25) is 15.9 Å². The van der Waals surface area contributed by atoms with Crippen LogP contribution in [0.2, 0.25) is 20.1 Å². The SMILES string of the molecule is O=C(Nc1cc(Cl)cc(Cl)c1)C1CCN(S(=O)(=O)Cc2c(Cl)cccc2Cl)CC1. The molecule has 0 aromatic heterocycles. The van der Waals surface area contributed by atoms with E-state index in [2.05, 4.69) is 5.32 Å². The number of hydrogen-bond acceptors (Lipinski definition) is 3. The third-order valence-corrected chi connectivity index (χ3v) is 7.69. The molecule has 0 saturated carbocycles. The number of carbonyl (C=O) groups excluding carboxylic acids is 1. The highest BCUT2D eigenvalue weighted by molar-refractivity contribution is 7.88. The maximum Gasteiger partial charge on any atom is 0.227 e. The molecule has 3 rings (SSSR count). The summed E-state index contributed by atoms with van der Waals surface area (Å²) in [6.45, 7) is 0.498. The Bertz CT molecular complexity index is 982. The van der Waals surface area contributed by atoms with E-state index in [0.717, 1.165) is 0 Å². The second-order valence-corrected chi connectivity index (χ2v) is 10.4. The lowest BCUT2D eigenvalue weighted by Crippen LogP contribution is -2.42. The zero-order valence-electron chi connectivity index (χ0n) is 15.2. The molecule has 0 unspecified atom stereocenters. The number of benzene rings is 2. The number of rotatable bonds is 5. The zero-order valence-corrected chi connectivity index (χ0v) is 19.0. The van der Waals surface area contributed by atoms with Gasteiger partial charge in [0.05, 0.1) is 5.75 Å². The van der Waals surface area contributed by atoms with Crippen LogP contribution in [-0.2, 0) is 20.6 Å². The number of nitrogens with one attached hydrogen (secondary N) is 1. The smallest absolute Gasteiger partial charge is 0.227 e. The highest BCUT2D eigenvalue weighted by Crippen LogP contribution is 2.29. The van der Waals surface area contributed by atoms with E-state index in [1.54, 1.807) is 36.4 Å². The van der Waals surface area contributed by atoms with Gasteiger partial charge < -0.3 is 5.32 Å². The minimum atomic E-state index is -3.60. The highest BCUT2D eigenvalue weighted by atomic mass is 35.5. The summed E-state index contributed by atoms with van der Waals surface area (Å²) in [5.74, 6) is -0.763. The molecule has 1 amide bonds. The van der Waals surface area contributed by atoms with Crippen molar-refractivity contribution in [2.24, 2.45) is 5.92 Å². The Morgan fingerprint density at radius 2 is 1.55 bits per heavy atom. The van der Waals surface area contributed by atoms with Gasteiger partial charge in [-0.3, -0.25) is 4.79 Å². The van der Waals surface area contributed by atoms with E-state index in [0.29, 0.717) is 44.2 Å². The number of hydrogen-bond donors (Lipinski definition) is 1. The summed E-state index contributed by atoms with van der Waals surface area (Å²) in [4.78, 5) is 12.5. The van der Waals surface area contributed by atoms with E-state index < -0.39 is 10.0 Å². The van der Waals surface area contributed by atoms with Gasteiger partial charge in [-0.15, -0.1) is 0 Å². The Morgan fingerprint density at radius 3 is 2.10 bits per heavy atom. The van der Waals surface area contributed by atoms with Crippen LogP contribution in [0.3, 0.4) is 0 Å². The predicted octanol–water partition coefficient (Wildman–Crippen LogP) is 5.48. The molecular weight excluding hydrogens is 478 g/mol. The Kier molecular flexibility index (Phi) is 7.36. The third-order valence-electron chi connectivity index (χ3n) is 4.74. The second kappa shape index (κ2) is 9.41. The maximum absolute atomic E-state index is 12.8. The Labute approximate surface area is 189 Å². The Hall–Kier alpha value is -1.02. The number of nitrogens with zero attached hydrogens (tertiary/aromatic N) is 1. The fraction of sp³-hybridized carbons (Fsp3) is 0.316. The van der Waals surface area contributed by atoms with Gasteiger partial charge >= 0.3 is 0 Å². The van der Waals surface area contributed by atoms with Crippen LogP contribution < -0.4 is 5.32 Å². The molecule has 1 heterocycles. The van der Waals surface area contributed by atoms with Crippen LogP contribution in [0, 0.1) is 5.92 Å². The van der Waals surface area contributed by atoms with Crippen LogP contribution in [0.4, 0.5) is 5.69 Å². The molecular formula is C19H18Cl4N2O3S. The lowest BCUT2D eigenvalue weighted by molar-refractivity contribution is -0.120. The summed E-state index contributed by atoms with van der Waals surface area (Å²) in [6.07, 6.45) is 0.825. The first-order valence-electron chi connectivity index (χ1n) is 8.83. The zero-order chi connectivity index (χ0) is 21.2. The third kappa shape index (κ3) is 5.78. The second-order valence-electron chi connectivity index (χ2n) is 6.78. The number of sulfonamides is 1. The maximum atomic E-state index is 12.8. The van der Waals surface area contributed by atoms with E-state index in [-0.39, 0.29) is 30.7 Å². The van der Waals surface area contributed by atoms with Gasteiger partial charge in [0.1, 0.15) is 0 Å². The average molecular weight is 496 g/mol. The number of carbonyl (C=O) groups is 1. The average Bonchev–Trinajstić information content (AvgIpc) is 2.64. The molecule has 1 aliphatic heterocycles. The Morgan fingerprint density at radius 1 is 1.00 bits per heavy atom. The van der Waals surface area contributed by atoms with Crippen molar-refractivity contribution in [2.75, 3.05) is 18.4 Å². The molecule has 2 aromatic carbocycles. The molecule has 1 fully saturated rings. The molecule has 1 aliphatic rings. The highest BCUT2D eigenvalue weighted by Gasteiger charge is 2.32. The van der Waals surface area contributed by atoms with Crippen molar-refractivity contribution in [3.8, 4) is 0 Å². The summed E-state index contributed by atoms with van der Waals surface area (Å²) in [5, 5.41) is 4.27. The van der Waals surface area contributed by atoms with E-state index >= 15 is 0 Å². The minimum Gasteiger partial charge on any atom is -0.326 e. The molecule has 5 nitrogen and oxygen atoms in total. The quantitative estimate of drug-likeness (QED) is 0.597. The molecule has 156 valence electrons. The first-order valence-corrected chi connectivity index (χ1v) is 12.0. The van der Waals surface area contributed by atoms with Crippen LogP contribution in [0.1, 0.15) is 18.4 Å². The number of anilines is 1.